The number of nitrogens with zero attached hydrogens (tertiary/aromatic N) is 1. The van der Waals surface area contributed by atoms with Crippen molar-refractivity contribution in [1.82, 2.24) is 5.32 Å². The van der Waals surface area contributed by atoms with Gasteiger partial charge < -0.3 is 10.2 Å². The van der Waals surface area contributed by atoms with Crippen molar-refractivity contribution < 1.29 is 0 Å². The summed E-state index contributed by atoms with van der Waals surface area (Å²) in [4.78, 5) is 3.82. The van der Waals surface area contributed by atoms with Crippen molar-refractivity contribution in [2.45, 2.75) is 32.9 Å². The largest absolute Gasteiger partial charge is 0.372 e. The first kappa shape index (κ1) is 15.1. The summed E-state index contributed by atoms with van der Waals surface area (Å²) < 4.78 is 0. The SMILES string of the molecule is CNCc1ccc(N(C)C(C)Cc2cccs2)cc1C. The van der Waals surface area contributed by atoms with Gasteiger partial charge in [-0.1, -0.05) is 12.1 Å². The summed E-state index contributed by atoms with van der Waals surface area (Å²) in [6.07, 6.45) is 1.10. The standard InChI is InChI=1S/C17H24N2S/c1-13-10-16(8-7-15(13)12-18-3)19(4)14(2)11-17-6-5-9-20-17/h5-10,14,18H,11-12H2,1-4H3. The molecule has 1 aromatic carbocycles. The molecule has 0 bridgehead atoms. The molecule has 2 nitrogen and oxygen atoms in total. The molecule has 0 aliphatic heterocycles. The molecule has 1 heterocycles. The monoisotopic (exact) mass is 288 g/mol. The Kier molecular flexibility index (Phi) is 5.21. The van der Waals surface area contributed by atoms with Crippen LogP contribution in [-0.2, 0) is 13.0 Å². The van der Waals surface area contributed by atoms with Crippen molar-refractivity contribution in [1.29, 1.82) is 0 Å². The van der Waals surface area contributed by atoms with E-state index in [0.717, 1.165) is 13.0 Å². The molecule has 1 N–H and O–H groups in total. The molecule has 2 aromatic rings. The number of nitrogens with one attached hydrogen (secondary N) is 1. The van der Waals surface area contributed by atoms with Gasteiger partial charge in [-0.2, -0.15) is 0 Å². The van der Waals surface area contributed by atoms with Gasteiger partial charge in [0.05, 0.1) is 0 Å². The summed E-state index contributed by atoms with van der Waals surface area (Å²) in [5.41, 5.74) is 4.02. The van der Waals surface area contributed by atoms with Crippen LogP contribution in [0.3, 0.4) is 0 Å². The number of rotatable bonds is 6. The Balaban J connectivity index is 2.08. The average Bonchev–Trinajstić information content (AvgIpc) is 2.93. The van der Waals surface area contributed by atoms with Crippen molar-refractivity contribution in [2.24, 2.45) is 0 Å². The van der Waals surface area contributed by atoms with E-state index < -0.39 is 0 Å². The zero-order valence-electron chi connectivity index (χ0n) is 12.8. The Bertz CT molecular complexity index is 534. The molecular formula is C17H24N2S. The zero-order valence-corrected chi connectivity index (χ0v) is 13.6. The van der Waals surface area contributed by atoms with Crippen molar-refractivity contribution in [2.75, 3.05) is 19.0 Å². The van der Waals surface area contributed by atoms with Gasteiger partial charge in [-0.15, -0.1) is 11.3 Å². The maximum absolute atomic E-state index is 3.21. The van der Waals surface area contributed by atoms with E-state index in [1.165, 1.54) is 21.7 Å². The molecule has 1 atom stereocenters. The highest BCUT2D eigenvalue weighted by Gasteiger charge is 2.12. The molecule has 108 valence electrons. The van der Waals surface area contributed by atoms with Crippen LogP contribution in [0.15, 0.2) is 35.7 Å². The van der Waals surface area contributed by atoms with E-state index in [-0.39, 0.29) is 0 Å². The van der Waals surface area contributed by atoms with Crippen LogP contribution >= 0.6 is 11.3 Å². The second-order valence-corrected chi connectivity index (χ2v) is 6.42. The molecule has 0 amide bonds. The molecule has 0 saturated carbocycles. The second kappa shape index (κ2) is 6.91. The highest BCUT2D eigenvalue weighted by molar-refractivity contribution is 7.09. The third kappa shape index (κ3) is 3.62. The molecule has 0 aliphatic rings. The number of hydrogen-bond acceptors (Lipinski definition) is 3. The normalized spacial score (nSPS) is 12.4. The van der Waals surface area contributed by atoms with Gasteiger partial charge in [0.2, 0.25) is 0 Å². The first-order valence-electron chi connectivity index (χ1n) is 7.11. The highest BCUT2D eigenvalue weighted by Crippen LogP contribution is 2.22. The number of aryl methyl sites for hydroxylation is 1. The van der Waals surface area contributed by atoms with E-state index in [2.05, 4.69) is 66.8 Å². The van der Waals surface area contributed by atoms with Gasteiger partial charge in [0, 0.05) is 36.6 Å². The summed E-state index contributed by atoms with van der Waals surface area (Å²) in [5, 5.41) is 5.37. The van der Waals surface area contributed by atoms with E-state index in [0.29, 0.717) is 6.04 Å². The van der Waals surface area contributed by atoms with Gasteiger partial charge in [-0.05, 0) is 55.6 Å². The number of thiophene rings is 1. The molecule has 0 saturated heterocycles. The molecule has 0 fully saturated rings. The fourth-order valence-electron chi connectivity index (χ4n) is 2.40. The number of benzene rings is 1. The van der Waals surface area contributed by atoms with Crippen LogP contribution < -0.4 is 10.2 Å². The molecule has 1 aromatic heterocycles. The van der Waals surface area contributed by atoms with Gasteiger partial charge in [-0.25, -0.2) is 0 Å². The smallest absolute Gasteiger partial charge is 0.0368 e. The van der Waals surface area contributed by atoms with Gasteiger partial charge in [0.15, 0.2) is 0 Å². The van der Waals surface area contributed by atoms with Crippen molar-refractivity contribution >= 4 is 17.0 Å². The highest BCUT2D eigenvalue weighted by atomic mass is 32.1. The lowest BCUT2D eigenvalue weighted by Crippen LogP contribution is -2.30. The minimum atomic E-state index is 0.503. The van der Waals surface area contributed by atoms with Crippen LogP contribution in [0.4, 0.5) is 5.69 Å². The predicted octanol–water partition coefficient (Wildman–Crippen LogP) is 3.84. The molecular weight excluding hydrogens is 264 g/mol. The number of anilines is 1. The minimum Gasteiger partial charge on any atom is -0.372 e. The van der Waals surface area contributed by atoms with Crippen LogP contribution in [-0.4, -0.2) is 20.1 Å². The maximum atomic E-state index is 3.21. The summed E-state index contributed by atoms with van der Waals surface area (Å²) in [7, 11) is 4.17. The predicted molar refractivity (Wildman–Crippen MR) is 89.8 cm³/mol. The molecule has 0 aliphatic carbocycles. The van der Waals surface area contributed by atoms with E-state index in [9.17, 15) is 0 Å². The maximum Gasteiger partial charge on any atom is 0.0368 e. The average molecular weight is 288 g/mol. The topological polar surface area (TPSA) is 15.3 Å². The Morgan fingerprint density at radius 3 is 2.70 bits per heavy atom. The number of likely N-dealkylation sites (N-methyl/N-ethyl adjacent to an activating group) is 1. The summed E-state index contributed by atoms with van der Waals surface area (Å²) in [5.74, 6) is 0. The molecule has 0 radical (unpaired) electrons. The van der Waals surface area contributed by atoms with Crippen molar-refractivity contribution in [3.63, 3.8) is 0 Å². The van der Waals surface area contributed by atoms with E-state index >= 15 is 0 Å². The Hall–Kier alpha value is -1.32. The van der Waals surface area contributed by atoms with Crippen LogP contribution in [0.2, 0.25) is 0 Å². The zero-order chi connectivity index (χ0) is 14.5. The Morgan fingerprint density at radius 1 is 1.30 bits per heavy atom. The first-order valence-corrected chi connectivity index (χ1v) is 7.99. The summed E-state index contributed by atoms with van der Waals surface area (Å²) >= 11 is 1.84. The molecule has 0 spiro atoms. The fourth-order valence-corrected chi connectivity index (χ4v) is 3.23. The lowest BCUT2D eigenvalue weighted by molar-refractivity contribution is 0.688. The fraction of sp³-hybridized carbons (Fsp3) is 0.412. The minimum absolute atomic E-state index is 0.503. The Labute approximate surface area is 126 Å². The van der Waals surface area contributed by atoms with Crippen LogP contribution in [0.25, 0.3) is 0 Å². The summed E-state index contributed by atoms with van der Waals surface area (Å²) in [6, 6.07) is 11.6. The Morgan fingerprint density at radius 2 is 2.10 bits per heavy atom. The van der Waals surface area contributed by atoms with Gasteiger partial charge in [0.25, 0.3) is 0 Å². The third-order valence-corrected chi connectivity index (χ3v) is 4.74. The van der Waals surface area contributed by atoms with Gasteiger partial charge in [0.1, 0.15) is 0 Å². The van der Waals surface area contributed by atoms with E-state index in [4.69, 9.17) is 0 Å². The van der Waals surface area contributed by atoms with E-state index in [1.54, 1.807) is 0 Å². The first-order chi connectivity index (χ1) is 9.61. The molecule has 20 heavy (non-hydrogen) atoms. The van der Waals surface area contributed by atoms with Gasteiger partial charge in [-0.3, -0.25) is 0 Å². The van der Waals surface area contributed by atoms with Crippen LogP contribution in [0.5, 0.6) is 0 Å². The van der Waals surface area contributed by atoms with E-state index in [1.807, 2.05) is 18.4 Å². The number of hydrogen-bond donors (Lipinski definition) is 1. The van der Waals surface area contributed by atoms with Crippen molar-refractivity contribution in [3.05, 3.63) is 51.7 Å². The van der Waals surface area contributed by atoms with Crippen molar-refractivity contribution in [3.8, 4) is 0 Å². The quantitative estimate of drug-likeness (QED) is 0.868. The second-order valence-electron chi connectivity index (χ2n) is 5.38. The third-order valence-electron chi connectivity index (χ3n) is 3.84. The summed E-state index contributed by atoms with van der Waals surface area (Å²) in [6.45, 7) is 5.41. The lowest BCUT2D eigenvalue weighted by atomic mass is 10.1. The lowest BCUT2D eigenvalue weighted by Gasteiger charge is -2.27. The molecule has 1 unspecified atom stereocenters. The van der Waals surface area contributed by atoms with Crippen LogP contribution in [0, 0.1) is 6.92 Å². The molecule has 2 rings (SSSR count). The van der Waals surface area contributed by atoms with Gasteiger partial charge >= 0.3 is 0 Å². The van der Waals surface area contributed by atoms with Crippen LogP contribution in [0.1, 0.15) is 22.9 Å². The molecule has 3 heteroatoms.